The first-order chi connectivity index (χ1) is 6.74. The first kappa shape index (κ1) is 8.49. The zero-order chi connectivity index (χ0) is 9.97. The van der Waals surface area contributed by atoms with Crippen LogP contribution in [0.3, 0.4) is 0 Å². The van der Waals surface area contributed by atoms with Gasteiger partial charge in [0, 0.05) is 6.42 Å². The molecule has 0 aliphatic heterocycles. The fourth-order valence-corrected chi connectivity index (χ4v) is 1.12. The average molecular weight is 192 g/mol. The van der Waals surface area contributed by atoms with Gasteiger partial charge in [-0.1, -0.05) is 0 Å². The Morgan fingerprint density at radius 2 is 2.36 bits per heavy atom. The van der Waals surface area contributed by atoms with Gasteiger partial charge in [-0.2, -0.15) is 9.97 Å². The van der Waals surface area contributed by atoms with Gasteiger partial charge in [-0.05, 0) is 11.6 Å². The number of H-pyrrole nitrogens is 1. The molecule has 2 aromatic heterocycles. The number of hydrogen-bond acceptors (Lipinski definition) is 5. The molecule has 0 spiro atoms. The van der Waals surface area contributed by atoms with Crippen LogP contribution < -0.4 is 11.4 Å². The molecule has 6 nitrogen and oxygen atoms in total. The van der Waals surface area contributed by atoms with Crippen molar-refractivity contribution in [2.24, 2.45) is 0 Å². The normalized spacial score (nSPS) is 10.3. The molecule has 0 amide bonds. The molecular formula is C8H8N4O2. The van der Waals surface area contributed by atoms with Gasteiger partial charge in [0.25, 0.3) is 0 Å². The van der Waals surface area contributed by atoms with E-state index in [2.05, 4.69) is 15.0 Å². The molecule has 0 fully saturated rings. The summed E-state index contributed by atoms with van der Waals surface area (Å²) in [6.45, 7) is 0. The molecule has 0 unspecified atom stereocenters. The molecular weight excluding hydrogens is 184 g/mol. The Morgan fingerprint density at radius 1 is 1.50 bits per heavy atom. The highest BCUT2D eigenvalue weighted by Crippen LogP contribution is 2.04. The van der Waals surface area contributed by atoms with E-state index in [-0.39, 0.29) is 5.95 Å². The number of anilines is 1. The van der Waals surface area contributed by atoms with Crippen LogP contribution in [-0.4, -0.2) is 15.0 Å². The molecule has 0 aliphatic carbocycles. The van der Waals surface area contributed by atoms with Crippen molar-refractivity contribution >= 4 is 5.95 Å². The number of nitrogens with two attached hydrogens (primary N) is 1. The summed E-state index contributed by atoms with van der Waals surface area (Å²) in [4.78, 5) is 20.7. The number of aromatic nitrogens is 3. The summed E-state index contributed by atoms with van der Waals surface area (Å²) < 4.78 is 4.88. The second kappa shape index (κ2) is 3.33. The minimum Gasteiger partial charge on any atom is -0.472 e. The molecule has 2 heterocycles. The van der Waals surface area contributed by atoms with Gasteiger partial charge in [0.1, 0.15) is 5.82 Å². The highest BCUT2D eigenvalue weighted by atomic mass is 16.3. The average Bonchev–Trinajstić information content (AvgIpc) is 2.54. The largest absolute Gasteiger partial charge is 0.472 e. The van der Waals surface area contributed by atoms with Crippen LogP contribution in [0.2, 0.25) is 0 Å². The van der Waals surface area contributed by atoms with Gasteiger partial charge in [0.05, 0.1) is 12.5 Å². The van der Waals surface area contributed by atoms with Crippen LogP contribution in [0.1, 0.15) is 11.4 Å². The van der Waals surface area contributed by atoms with Crippen molar-refractivity contribution in [3.8, 4) is 0 Å². The highest BCUT2D eigenvalue weighted by molar-refractivity contribution is 5.17. The minimum absolute atomic E-state index is 0.0211. The van der Waals surface area contributed by atoms with E-state index in [4.69, 9.17) is 10.2 Å². The molecule has 0 aromatic carbocycles. The van der Waals surface area contributed by atoms with E-state index in [1.165, 1.54) is 0 Å². The lowest BCUT2D eigenvalue weighted by atomic mass is 10.2. The quantitative estimate of drug-likeness (QED) is 0.694. The molecule has 6 heteroatoms. The van der Waals surface area contributed by atoms with Gasteiger partial charge in [0.2, 0.25) is 5.95 Å². The fourth-order valence-electron chi connectivity index (χ4n) is 1.12. The third-order valence-electron chi connectivity index (χ3n) is 1.67. The van der Waals surface area contributed by atoms with Gasteiger partial charge in [-0.25, -0.2) is 4.79 Å². The van der Waals surface area contributed by atoms with Crippen molar-refractivity contribution in [2.75, 3.05) is 5.73 Å². The summed E-state index contributed by atoms with van der Waals surface area (Å²) in [5.74, 6) is 0.455. The van der Waals surface area contributed by atoms with Crippen molar-refractivity contribution in [1.82, 2.24) is 15.0 Å². The molecule has 0 aliphatic rings. The first-order valence-corrected chi connectivity index (χ1v) is 3.98. The van der Waals surface area contributed by atoms with Crippen LogP contribution in [0.15, 0.2) is 27.8 Å². The van der Waals surface area contributed by atoms with Gasteiger partial charge >= 0.3 is 5.69 Å². The van der Waals surface area contributed by atoms with Crippen LogP contribution >= 0.6 is 0 Å². The highest BCUT2D eigenvalue weighted by Gasteiger charge is 2.02. The number of aromatic amines is 1. The predicted molar refractivity (Wildman–Crippen MR) is 48.6 cm³/mol. The molecule has 14 heavy (non-hydrogen) atoms. The van der Waals surface area contributed by atoms with Gasteiger partial charge in [-0.15, -0.1) is 0 Å². The Morgan fingerprint density at radius 3 is 3.00 bits per heavy atom. The van der Waals surface area contributed by atoms with E-state index in [1.807, 2.05) is 0 Å². The molecule has 0 saturated heterocycles. The molecule has 0 atom stereocenters. The Labute approximate surface area is 78.8 Å². The number of rotatable bonds is 2. The van der Waals surface area contributed by atoms with Crippen molar-refractivity contribution < 1.29 is 4.42 Å². The molecule has 72 valence electrons. The monoisotopic (exact) mass is 192 g/mol. The third-order valence-corrected chi connectivity index (χ3v) is 1.67. The third kappa shape index (κ3) is 1.79. The van der Waals surface area contributed by atoms with Gasteiger partial charge in [0.15, 0.2) is 0 Å². The number of hydrogen-bond donors (Lipinski definition) is 2. The lowest BCUT2D eigenvalue weighted by Gasteiger charge is -1.97. The van der Waals surface area contributed by atoms with E-state index < -0.39 is 5.69 Å². The van der Waals surface area contributed by atoms with Crippen LogP contribution in [0, 0.1) is 0 Å². The number of furan rings is 1. The van der Waals surface area contributed by atoms with Crippen molar-refractivity contribution in [2.45, 2.75) is 6.42 Å². The number of nitrogen functional groups attached to an aromatic ring is 1. The van der Waals surface area contributed by atoms with Crippen LogP contribution in [0.5, 0.6) is 0 Å². The van der Waals surface area contributed by atoms with Crippen LogP contribution in [0.4, 0.5) is 5.95 Å². The molecule has 2 rings (SSSR count). The van der Waals surface area contributed by atoms with Gasteiger partial charge in [-0.3, -0.25) is 4.98 Å². The summed E-state index contributed by atoms with van der Waals surface area (Å²) in [6, 6.07) is 1.79. The first-order valence-electron chi connectivity index (χ1n) is 3.98. The Kier molecular flexibility index (Phi) is 2.02. The minimum atomic E-state index is -0.490. The van der Waals surface area contributed by atoms with Crippen molar-refractivity contribution in [1.29, 1.82) is 0 Å². The molecule has 2 aromatic rings. The zero-order valence-electron chi connectivity index (χ0n) is 7.23. The topological polar surface area (TPSA) is 97.8 Å². The Bertz CT molecular complexity index is 474. The summed E-state index contributed by atoms with van der Waals surface area (Å²) >= 11 is 0. The van der Waals surface area contributed by atoms with E-state index in [0.717, 1.165) is 5.56 Å². The van der Waals surface area contributed by atoms with Gasteiger partial charge < -0.3 is 10.2 Å². The summed E-state index contributed by atoms with van der Waals surface area (Å²) in [7, 11) is 0. The number of nitrogens with one attached hydrogen (secondary N) is 1. The van der Waals surface area contributed by atoms with Crippen molar-refractivity contribution in [3.63, 3.8) is 0 Å². The van der Waals surface area contributed by atoms with E-state index in [1.54, 1.807) is 18.6 Å². The van der Waals surface area contributed by atoms with Crippen LogP contribution in [0.25, 0.3) is 0 Å². The molecule has 0 bridgehead atoms. The number of nitrogens with zero attached hydrogens (tertiary/aromatic N) is 2. The molecule has 0 radical (unpaired) electrons. The predicted octanol–water partition coefficient (Wildman–Crippen LogP) is -0.0691. The van der Waals surface area contributed by atoms with E-state index in [9.17, 15) is 4.79 Å². The SMILES string of the molecule is Nc1nc(Cc2ccoc2)[nH]c(=O)n1. The standard InChI is InChI=1S/C8H8N4O2/c9-7-10-6(11-8(13)12-7)3-5-1-2-14-4-5/h1-2,4H,3H2,(H3,9,10,11,12,13). The summed E-state index contributed by atoms with van der Waals surface area (Å²) in [5.41, 5.74) is 5.75. The Hall–Kier alpha value is -2.11. The summed E-state index contributed by atoms with van der Waals surface area (Å²) in [5, 5.41) is 0. The molecule has 0 saturated carbocycles. The van der Waals surface area contributed by atoms with E-state index >= 15 is 0 Å². The van der Waals surface area contributed by atoms with E-state index in [0.29, 0.717) is 12.2 Å². The Balaban J connectivity index is 2.29. The fraction of sp³-hybridized carbons (Fsp3) is 0.125. The maximum absolute atomic E-state index is 10.9. The second-order valence-corrected chi connectivity index (χ2v) is 2.77. The second-order valence-electron chi connectivity index (χ2n) is 2.77. The van der Waals surface area contributed by atoms with Crippen LogP contribution in [-0.2, 0) is 6.42 Å². The zero-order valence-corrected chi connectivity index (χ0v) is 7.23. The summed E-state index contributed by atoms with van der Waals surface area (Å²) in [6.07, 6.45) is 3.60. The lowest BCUT2D eigenvalue weighted by molar-refractivity contribution is 0.564. The maximum Gasteiger partial charge on any atom is 0.349 e. The smallest absolute Gasteiger partial charge is 0.349 e. The van der Waals surface area contributed by atoms with Crippen molar-refractivity contribution in [3.05, 3.63) is 40.5 Å². The lowest BCUT2D eigenvalue weighted by Crippen LogP contribution is -2.17. The maximum atomic E-state index is 10.9. The molecule has 3 N–H and O–H groups in total.